The Morgan fingerprint density at radius 1 is 0.639 bits per heavy atom. The Morgan fingerprint density at radius 3 is 1.56 bits per heavy atom. The molecule has 0 amide bonds. The van der Waals surface area contributed by atoms with Gasteiger partial charge in [-0.15, -0.1) is 0 Å². The van der Waals surface area contributed by atoms with Crippen molar-refractivity contribution in [3.05, 3.63) is 88.7 Å². The second-order valence-corrected chi connectivity index (χ2v) is 11.0. The van der Waals surface area contributed by atoms with E-state index >= 15 is 0 Å². The van der Waals surface area contributed by atoms with Crippen LogP contribution in [-0.2, 0) is 5.41 Å². The van der Waals surface area contributed by atoms with Gasteiger partial charge in [0.05, 0.1) is 16.7 Å². The van der Waals surface area contributed by atoms with Crippen LogP contribution in [0, 0.1) is 27.7 Å². The number of rotatable bonds is 1. The second-order valence-electron chi connectivity index (χ2n) is 11.0. The van der Waals surface area contributed by atoms with E-state index in [2.05, 4.69) is 89.8 Å². The molecule has 4 heteroatoms. The number of hydrogen-bond acceptors (Lipinski definition) is 4. The van der Waals surface area contributed by atoms with E-state index in [1.54, 1.807) is 0 Å². The molecule has 0 saturated heterocycles. The first-order valence-corrected chi connectivity index (χ1v) is 12.5. The molecular formula is C32H31N3O. The van der Waals surface area contributed by atoms with Crippen molar-refractivity contribution in [1.29, 1.82) is 0 Å². The number of pyridine rings is 2. The van der Waals surface area contributed by atoms with Gasteiger partial charge >= 0.3 is 0 Å². The summed E-state index contributed by atoms with van der Waals surface area (Å²) in [5.74, 6) is 1.71. The summed E-state index contributed by atoms with van der Waals surface area (Å²) < 4.78 is 6.74. The van der Waals surface area contributed by atoms with Crippen LogP contribution in [0.15, 0.2) is 60.9 Å². The van der Waals surface area contributed by atoms with Gasteiger partial charge in [-0.25, -0.2) is 0 Å². The summed E-state index contributed by atoms with van der Waals surface area (Å²) in [4.78, 5) is 12.1. The number of fused-ring (bicyclic) bond motifs is 6. The summed E-state index contributed by atoms with van der Waals surface area (Å²) in [6.45, 7) is 15.5. The molecule has 0 spiro atoms. The zero-order valence-electron chi connectivity index (χ0n) is 22.0. The van der Waals surface area contributed by atoms with Crippen LogP contribution in [0.5, 0.6) is 11.5 Å². The number of aryl methyl sites for hydroxylation is 4. The fourth-order valence-electron chi connectivity index (χ4n) is 5.50. The molecule has 0 saturated carbocycles. The third-order valence-electron chi connectivity index (χ3n) is 7.25. The Hall–Kier alpha value is -3.92. The summed E-state index contributed by atoms with van der Waals surface area (Å²) in [6.07, 6.45) is 3.72. The van der Waals surface area contributed by atoms with E-state index in [0.29, 0.717) is 0 Å². The lowest BCUT2D eigenvalue weighted by molar-refractivity contribution is 0.471. The van der Waals surface area contributed by atoms with Gasteiger partial charge in [0, 0.05) is 23.2 Å². The number of benzene rings is 3. The van der Waals surface area contributed by atoms with E-state index in [0.717, 1.165) is 61.5 Å². The van der Waals surface area contributed by atoms with Gasteiger partial charge in [-0.3, -0.25) is 14.9 Å². The highest BCUT2D eigenvalue weighted by atomic mass is 16.5. The van der Waals surface area contributed by atoms with E-state index in [-0.39, 0.29) is 5.41 Å². The van der Waals surface area contributed by atoms with Crippen molar-refractivity contribution in [2.75, 3.05) is 4.90 Å². The van der Waals surface area contributed by atoms with Gasteiger partial charge in [-0.2, -0.15) is 0 Å². The molecule has 1 aliphatic heterocycles. The Bertz CT molecular complexity index is 1580. The van der Waals surface area contributed by atoms with E-state index in [9.17, 15) is 0 Å². The summed E-state index contributed by atoms with van der Waals surface area (Å²) >= 11 is 0. The number of anilines is 3. The summed E-state index contributed by atoms with van der Waals surface area (Å²) in [7, 11) is 0. The minimum absolute atomic E-state index is 0.0601. The molecule has 0 N–H and O–H groups in total. The van der Waals surface area contributed by atoms with Crippen LogP contribution in [0.1, 0.15) is 48.6 Å². The summed E-state index contributed by atoms with van der Waals surface area (Å²) in [5.41, 5.74) is 11.0. The maximum atomic E-state index is 6.74. The number of hydrogen-bond donors (Lipinski definition) is 0. The minimum atomic E-state index is 0.0601. The average Bonchev–Trinajstić information content (AvgIpc) is 2.83. The molecule has 3 heterocycles. The zero-order valence-corrected chi connectivity index (χ0v) is 22.0. The van der Waals surface area contributed by atoms with Crippen molar-refractivity contribution in [3.8, 4) is 11.5 Å². The fraction of sp³-hybridized carbons (Fsp3) is 0.250. The van der Waals surface area contributed by atoms with Gasteiger partial charge in [0.15, 0.2) is 11.5 Å². The Kier molecular flexibility index (Phi) is 4.88. The first kappa shape index (κ1) is 22.5. The molecule has 0 atom stereocenters. The van der Waals surface area contributed by atoms with Crippen LogP contribution in [0.4, 0.5) is 17.1 Å². The molecule has 1 aliphatic rings. The van der Waals surface area contributed by atoms with Crippen molar-refractivity contribution in [2.45, 2.75) is 53.9 Å². The molecule has 2 aromatic heterocycles. The Labute approximate surface area is 212 Å². The highest BCUT2D eigenvalue weighted by Crippen LogP contribution is 2.58. The quantitative estimate of drug-likeness (QED) is 0.239. The third-order valence-corrected chi connectivity index (χ3v) is 7.25. The lowest BCUT2D eigenvalue weighted by Crippen LogP contribution is -2.21. The van der Waals surface area contributed by atoms with Crippen molar-refractivity contribution in [3.63, 3.8) is 0 Å². The lowest BCUT2D eigenvalue weighted by Gasteiger charge is -2.37. The smallest absolute Gasteiger partial charge is 0.156 e. The third kappa shape index (κ3) is 3.28. The monoisotopic (exact) mass is 473 g/mol. The van der Waals surface area contributed by atoms with E-state index in [1.807, 2.05) is 24.5 Å². The molecule has 0 aliphatic carbocycles. The van der Waals surface area contributed by atoms with Gasteiger partial charge in [-0.05, 0) is 85.2 Å². The van der Waals surface area contributed by atoms with Gasteiger partial charge in [0.1, 0.15) is 11.4 Å². The fourth-order valence-corrected chi connectivity index (χ4v) is 5.50. The standard InChI is InChI=1S/C32H31N3O/c1-18-16-24(32(5,6)7)17-19(2)27(18)35-28-25-22(10-8-12-33-25)14-20(3)30(28)36-31-21(4)15-23-11-9-13-34-26(23)29(31)35/h8-17H,1-7H3. The predicted molar refractivity (Wildman–Crippen MR) is 149 cm³/mol. The van der Waals surface area contributed by atoms with E-state index in [1.165, 1.54) is 16.7 Å². The van der Waals surface area contributed by atoms with Crippen molar-refractivity contribution < 1.29 is 4.74 Å². The Balaban J connectivity index is 1.79. The van der Waals surface area contributed by atoms with Crippen molar-refractivity contribution in [1.82, 2.24) is 9.97 Å². The number of nitrogens with zero attached hydrogens (tertiary/aromatic N) is 3. The lowest BCUT2D eigenvalue weighted by atomic mass is 9.84. The Morgan fingerprint density at radius 2 is 1.11 bits per heavy atom. The molecule has 0 fully saturated rings. The minimum Gasteiger partial charge on any atom is -0.452 e. The van der Waals surface area contributed by atoms with Gasteiger partial charge in [0.25, 0.3) is 0 Å². The second kappa shape index (κ2) is 7.79. The molecule has 3 aromatic carbocycles. The molecule has 0 radical (unpaired) electrons. The van der Waals surface area contributed by atoms with Gasteiger partial charge in [-0.1, -0.05) is 45.0 Å². The molecule has 4 nitrogen and oxygen atoms in total. The molecule has 36 heavy (non-hydrogen) atoms. The maximum absolute atomic E-state index is 6.74. The first-order chi connectivity index (χ1) is 17.1. The van der Waals surface area contributed by atoms with Crippen LogP contribution in [0.2, 0.25) is 0 Å². The average molecular weight is 474 g/mol. The first-order valence-electron chi connectivity index (χ1n) is 12.5. The topological polar surface area (TPSA) is 38.3 Å². The highest BCUT2D eigenvalue weighted by molar-refractivity contribution is 6.09. The van der Waals surface area contributed by atoms with Gasteiger partial charge in [0.2, 0.25) is 0 Å². The van der Waals surface area contributed by atoms with Crippen molar-refractivity contribution >= 4 is 38.9 Å². The molecular weight excluding hydrogens is 442 g/mol. The normalized spacial score (nSPS) is 13.0. The van der Waals surface area contributed by atoms with Crippen LogP contribution in [0.25, 0.3) is 21.8 Å². The predicted octanol–water partition coefficient (Wildman–Crippen LogP) is 8.89. The maximum Gasteiger partial charge on any atom is 0.156 e. The summed E-state index contributed by atoms with van der Waals surface area (Å²) in [6, 6.07) is 17.2. The zero-order chi connectivity index (χ0) is 25.4. The van der Waals surface area contributed by atoms with Crippen LogP contribution >= 0.6 is 0 Å². The van der Waals surface area contributed by atoms with Crippen LogP contribution in [0.3, 0.4) is 0 Å². The van der Waals surface area contributed by atoms with Crippen molar-refractivity contribution in [2.24, 2.45) is 0 Å². The highest BCUT2D eigenvalue weighted by Gasteiger charge is 2.35. The molecule has 5 aromatic rings. The largest absolute Gasteiger partial charge is 0.452 e. The summed E-state index contributed by atoms with van der Waals surface area (Å²) in [5, 5.41) is 2.19. The molecule has 6 rings (SSSR count). The van der Waals surface area contributed by atoms with E-state index < -0.39 is 0 Å². The van der Waals surface area contributed by atoms with E-state index in [4.69, 9.17) is 14.7 Å². The van der Waals surface area contributed by atoms with Gasteiger partial charge < -0.3 is 4.74 Å². The molecule has 0 unspecified atom stereocenters. The number of ether oxygens (including phenoxy) is 1. The van der Waals surface area contributed by atoms with Crippen LogP contribution < -0.4 is 9.64 Å². The number of aromatic nitrogens is 2. The molecule has 0 bridgehead atoms. The SMILES string of the molecule is Cc1cc2cccnc2c2c1Oc1c(C)cc3cccnc3c1N2c1c(C)cc(C(C)(C)C)cc1C. The molecule has 180 valence electrons. The van der Waals surface area contributed by atoms with Crippen LogP contribution in [-0.4, -0.2) is 9.97 Å².